The second-order valence-electron chi connectivity index (χ2n) is 6.67. The van der Waals surface area contributed by atoms with Gasteiger partial charge in [0, 0.05) is 17.5 Å². The van der Waals surface area contributed by atoms with Crippen molar-refractivity contribution < 1.29 is 22.0 Å². The molecule has 6 nitrogen and oxygen atoms in total. The minimum Gasteiger partial charge on any atom is -0.338 e. The van der Waals surface area contributed by atoms with Crippen molar-refractivity contribution in [2.45, 2.75) is 4.90 Å². The van der Waals surface area contributed by atoms with E-state index in [-0.39, 0.29) is 16.0 Å². The Hall–Kier alpha value is -3.59. The molecule has 30 heavy (non-hydrogen) atoms. The first-order chi connectivity index (χ1) is 14.2. The van der Waals surface area contributed by atoms with Crippen LogP contribution >= 0.6 is 0 Å². The average Bonchev–Trinajstić information content (AvgIpc) is 3.13. The molecular weight excluding hydrogens is 412 g/mol. The van der Waals surface area contributed by atoms with Gasteiger partial charge in [-0.15, -0.1) is 0 Å². The first kappa shape index (κ1) is 19.7. The first-order valence-corrected chi connectivity index (χ1v) is 10.7. The van der Waals surface area contributed by atoms with Gasteiger partial charge in [0.05, 0.1) is 16.0 Å². The number of sulfone groups is 1. The number of amides is 1. The Morgan fingerprint density at radius 1 is 1.00 bits per heavy atom. The molecule has 0 aliphatic carbocycles. The molecule has 1 aromatic heterocycles. The highest BCUT2D eigenvalue weighted by atomic mass is 32.2. The number of anilines is 1. The Morgan fingerprint density at radius 2 is 1.73 bits per heavy atom. The van der Waals surface area contributed by atoms with Crippen LogP contribution in [0.3, 0.4) is 0 Å². The van der Waals surface area contributed by atoms with Gasteiger partial charge >= 0.3 is 0 Å². The maximum Gasteiger partial charge on any atom is 0.258 e. The molecule has 0 aliphatic rings. The third kappa shape index (κ3) is 3.79. The summed E-state index contributed by atoms with van der Waals surface area (Å²) in [6.07, 6.45) is 0.977. The first-order valence-electron chi connectivity index (χ1n) is 8.78. The van der Waals surface area contributed by atoms with E-state index in [1.807, 2.05) is 0 Å². The molecule has 9 heteroatoms. The Kier molecular flexibility index (Phi) is 4.83. The van der Waals surface area contributed by atoms with Gasteiger partial charge in [0.2, 0.25) is 0 Å². The van der Waals surface area contributed by atoms with Gasteiger partial charge in [0.1, 0.15) is 17.2 Å². The number of carbonyl (C=O) groups excluding carboxylic acids is 1. The normalized spacial score (nSPS) is 11.6. The van der Waals surface area contributed by atoms with Gasteiger partial charge in [-0.1, -0.05) is 6.07 Å². The van der Waals surface area contributed by atoms with Crippen LogP contribution in [0.1, 0.15) is 10.4 Å². The van der Waals surface area contributed by atoms with Gasteiger partial charge in [-0.05, 0) is 54.6 Å². The predicted molar refractivity (Wildman–Crippen MR) is 109 cm³/mol. The molecule has 4 aromatic rings. The lowest BCUT2D eigenvalue weighted by molar-refractivity contribution is 0.102. The largest absolute Gasteiger partial charge is 0.338 e. The number of hydrogen-bond acceptors (Lipinski definition) is 4. The number of hydrogen-bond donors (Lipinski definition) is 2. The number of rotatable bonds is 4. The summed E-state index contributed by atoms with van der Waals surface area (Å²) in [6.45, 7) is 0. The van der Waals surface area contributed by atoms with Crippen LogP contribution in [0.15, 0.2) is 65.6 Å². The van der Waals surface area contributed by atoms with Gasteiger partial charge in [0.25, 0.3) is 5.91 Å². The molecule has 2 N–H and O–H groups in total. The zero-order valence-corrected chi connectivity index (χ0v) is 16.4. The summed E-state index contributed by atoms with van der Waals surface area (Å²) in [5, 5.41) is 2.53. The van der Waals surface area contributed by atoms with Crippen LogP contribution in [0.2, 0.25) is 0 Å². The summed E-state index contributed by atoms with van der Waals surface area (Å²) in [5.41, 5.74) is 1.44. The van der Waals surface area contributed by atoms with Crippen LogP contribution in [-0.2, 0) is 9.84 Å². The average molecular weight is 427 g/mol. The van der Waals surface area contributed by atoms with Crippen molar-refractivity contribution in [2.75, 3.05) is 11.6 Å². The minimum absolute atomic E-state index is 0.151. The fourth-order valence-electron chi connectivity index (χ4n) is 2.95. The van der Waals surface area contributed by atoms with Crippen molar-refractivity contribution in [3.05, 3.63) is 77.9 Å². The fraction of sp³-hybridized carbons (Fsp3) is 0.0476. The lowest BCUT2D eigenvalue weighted by atomic mass is 10.1. The van der Waals surface area contributed by atoms with E-state index < -0.39 is 27.4 Å². The molecule has 0 radical (unpaired) electrons. The van der Waals surface area contributed by atoms with Gasteiger partial charge in [-0.25, -0.2) is 22.2 Å². The number of aromatic nitrogens is 2. The molecule has 4 rings (SSSR count). The number of imidazole rings is 1. The van der Waals surface area contributed by atoms with E-state index in [0.29, 0.717) is 22.6 Å². The van der Waals surface area contributed by atoms with Crippen LogP contribution < -0.4 is 5.32 Å². The number of aromatic amines is 1. The number of para-hydroxylation sites is 1. The van der Waals surface area contributed by atoms with E-state index in [9.17, 15) is 22.0 Å². The Labute approximate surface area is 170 Å². The van der Waals surface area contributed by atoms with Crippen molar-refractivity contribution in [2.24, 2.45) is 0 Å². The second-order valence-corrected chi connectivity index (χ2v) is 8.68. The van der Waals surface area contributed by atoms with Crippen LogP contribution in [0, 0.1) is 11.6 Å². The quantitative estimate of drug-likeness (QED) is 0.479. The highest BCUT2D eigenvalue weighted by molar-refractivity contribution is 7.90. The summed E-state index contributed by atoms with van der Waals surface area (Å²) in [7, 11) is -3.58. The molecule has 0 bridgehead atoms. The number of H-pyrrole nitrogens is 1. The summed E-state index contributed by atoms with van der Waals surface area (Å²) < 4.78 is 51.1. The fourth-order valence-corrected chi connectivity index (χ4v) is 3.60. The number of carbonyl (C=O) groups is 1. The molecule has 0 aliphatic heterocycles. The van der Waals surface area contributed by atoms with Gasteiger partial charge in [0.15, 0.2) is 15.7 Å². The third-order valence-electron chi connectivity index (χ3n) is 4.49. The zero-order chi connectivity index (χ0) is 21.5. The Bertz CT molecular complexity index is 1380. The van der Waals surface area contributed by atoms with E-state index in [1.165, 1.54) is 6.07 Å². The molecule has 0 spiro atoms. The number of fused-ring (bicyclic) bond motifs is 1. The highest BCUT2D eigenvalue weighted by Crippen LogP contribution is 2.24. The number of benzene rings is 3. The van der Waals surface area contributed by atoms with E-state index in [2.05, 4.69) is 15.3 Å². The van der Waals surface area contributed by atoms with E-state index in [4.69, 9.17) is 0 Å². The van der Waals surface area contributed by atoms with Gasteiger partial charge < -0.3 is 10.3 Å². The Morgan fingerprint density at radius 3 is 2.40 bits per heavy atom. The van der Waals surface area contributed by atoms with E-state index >= 15 is 0 Å². The molecule has 1 heterocycles. The molecule has 0 unspecified atom stereocenters. The SMILES string of the molecule is CS(=O)(=O)c1ccc(F)c(C(=O)Nc2ccc(-c3nc4c(F)cccc4[nH]3)cc2)c1. The predicted octanol–water partition coefficient (Wildman–Crippen LogP) is 4.16. The smallest absolute Gasteiger partial charge is 0.258 e. The van der Waals surface area contributed by atoms with Crippen LogP contribution in [0.4, 0.5) is 14.5 Å². The Balaban J connectivity index is 1.58. The van der Waals surface area contributed by atoms with Crippen LogP contribution in [-0.4, -0.2) is 30.5 Å². The second kappa shape index (κ2) is 7.34. The zero-order valence-electron chi connectivity index (χ0n) is 15.6. The van der Waals surface area contributed by atoms with Crippen LogP contribution in [0.5, 0.6) is 0 Å². The summed E-state index contributed by atoms with van der Waals surface area (Å²) in [6, 6.07) is 14.1. The topological polar surface area (TPSA) is 91.9 Å². The maximum atomic E-state index is 14.0. The monoisotopic (exact) mass is 427 g/mol. The van der Waals surface area contributed by atoms with Crippen molar-refractivity contribution in [1.29, 1.82) is 0 Å². The number of halogens is 2. The minimum atomic E-state index is -3.58. The molecular formula is C21H15F2N3O3S. The summed E-state index contributed by atoms with van der Waals surface area (Å²) in [4.78, 5) is 19.5. The van der Waals surface area contributed by atoms with Crippen molar-refractivity contribution in [3.8, 4) is 11.4 Å². The highest BCUT2D eigenvalue weighted by Gasteiger charge is 2.17. The standard InChI is InChI=1S/C21H15F2N3O3S/c1-30(28,29)14-9-10-16(22)15(11-14)21(27)24-13-7-5-12(6-8-13)20-25-18-4-2-3-17(23)19(18)26-20/h2-11H,1H3,(H,24,27)(H,25,26). The van der Waals surface area contributed by atoms with Crippen molar-refractivity contribution >= 4 is 32.5 Å². The van der Waals surface area contributed by atoms with Crippen molar-refractivity contribution in [3.63, 3.8) is 0 Å². The van der Waals surface area contributed by atoms with Crippen LogP contribution in [0.25, 0.3) is 22.4 Å². The van der Waals surface area contributed by atoms with Crippen molar-refractivity contribution in [1.82, 2.24) is 9.97 Å². The molecule has 1 amide bonds. The molecule has 0 saturated heterocycles. The van der Waals surface area contributed by atoms with Gasteiger partial charge in [-0.3, -0.25) is 4.79 Å². The lowest BCUT2D eigenvalue weighted by Gasteiger charge is -2.08. The van der Waals surface area contributed by atoms with Gasteiger partial charge in [-0.2, -0.15) is 0 Å². The van der Waals surface area contributed by atoms with E-state index in [0.717, 1.165) is 24.5 Å². The molecule has 0 fully saturated rings. The molecule has 0 atom stereocenters. The lowest BCUT2D eigenvalue weighted by Crippen LogP contribution is -2.14. The summed E-state index contributed by atoms with van der Waals surface area (Å²) >= 11 is 0. The summed E-state index contributed by atoms with van der Waals surface area (Å²) in [5.74, 6) is -1.59. The van der Waals surface area contributed by atoms with E-state index in [1.54, 1.807) is 36.4 Å². The molecule has 0 saturated carbocycles. The molecule has 152 valence electrons. The third-order valence-corrected chi connectivity index (χ3v) is 5.60. The molecule has 3 aromatic carbocycles. The number of nitrogens with one attached hydrogen (secondary N) is 2. The number of nitrogens with zero attached hydrogens (tertiary/aromatic N) is 1. The maximum absolute atomic E-state index is 14.0.